The number of ether oxygens (including phenoxy) is 1. The molecule has 1 N–H and O–H groups in total. The number of hydrogen-bond acceptors (Lipinski definition) is 4. The summed E-state index contributed by atoms with van der Waals surface area (Å²) >= 11 is 1.65. The van der Waals surface area contributed by atoms with E-state index in [9.17, 15) is 4.39 Å². The Balaban J connectivity index is 1.50. The summed E-state index contributed by atoms with van der Waals surface area (Å²) in [5.74, 6) is 0.407. The summed E-state index contributed by atoms with van der Waals surface area (Å²) in [6, 6.07) is 6.74. The molecule has 3 rings (SSSR count). The van der Waals surface area contributed by atoms with Crippen molar-refractivity contribution >= 4 is 11.3 Å². The molecule has 0 unspecified atom stereocenters. The number of hydrogen-bond donors (Lipinski definition) is 1. The van der Waals surface area contributed by atoms with Crippen molar-refractivity contribution in [1.82, 2.24) is 10.3 Å². The molecule has 3 nitrogen and oxygen atoms in total. The van der Waals surface area contributed by atoms with E-state index < -0.39 is 0 Å². The molecule has 5 heteroatoms. The lowest BCUT2D eigenvalue weighted by Crippen LogP contribution is -2.14. The molecule has 2 aromatic rings. The van der Waals surface area contributed by atoms with Crippen LogP contribution < -0.4 is 10.1 Å². The number of aromatic nitrogens is 1. The van der Waals surface area contributed by atoms with Gasteiger partial charge in [-0.25, -0.2) is 9.37 Å². The SMILES string of the molecule is Fc1ccc(OCc2ncc(CNC3CC3)s2)cc1. The molecule has 0 amide bonds. The second-order valence-corrected chi connectivity index (χ2v) is 5.82. The van der Waals surface area contributed by atoms with Crippen LogP contribution in [0.2, 0.25) is 0 Å². The predicted molar refractivity (Wildman–Crippen MR) is 72.7 cm³/mol. The molecule has 0 saturated heterocycles. The van der Waals surface area contributed by atoms with Gasteiger partial charge in [0, 0.05) is 23.7 Å². The first kappa shape index (κ1) is 12.6. The monoisotopic (exact) mass is 278 g/mol. The molecule has 1 fully saturated rings. The van der Waals surface area contributed by atoms with Crippen LogP contribution in [0.1, 0.15) is 22.7 Å². The zero-order valence-electron chi connectivity index (χ0n) is 10.4. The lowest BCUT2D eigenvalue weighted by molar-refractivity contribution is 0.305. The van der Waals surface area contributed by atoms with Gasteiger partial charge in [-0.1, -0.05) is 0 Å². The van der Waals surface area contributed by atoms with E-state index in [4.69, 9.17) is 4.74 Å². The highest BCUT2D eigenvalue weighted by atomic mass is 32.1. The van der Waals surface area contributed by atoms with E-state index in [0.717, 1.165) is 11.6 Å². The van der Waals surface area contributed by atoms with Crippen molar-refractivity contribution in [3.8, 4) is 5.75 Å². The summed E-state index contributed by atoms with van der Waals surface area (Å²) in [4.78, 5) is 5.55. The highest BCUT2D eigenvalue weighted by molar-refractivity contribution is 7.11. The highest BCUT2D eigenvalue weighted by Gasteiger charge is 2.20. The van der Waals surface area contributed by atoms with Crippen molar-refractivity contribution in [2.75, 3.05) is 0 Å². The highest BCUT2D eigenvalue weighted by Crippen LogP contribution is 2.21. The van der Waals surface area contributed by atoms with Gasteiger partial charge in [-0.3, -0.25) is 0 Å². The van der Waals surface area contributed by atoms with Crippen molar-refractivity contribution in [2.24, 2.45) is 0 Å². The smallest absolute Gasteiger partial charge is 0.140 e. The van der Waals surface area contributed by atoms with Crippen LogP contribution in [0.15, 0.2) is 30.5 Å². The maximum atomic E-state index is 12.7. The fourth-order valence-corrected chi connectivity index (χ4v) is 2.49. The van der Waals surface area contributed by atoms with Gasteiger partial charge in [-0.15, -0.1) is 11.3 Å². The largest absolute Gasteiger partial charge is 0.486 e. The molecule has 1 aliphatic carbocycles. The first-order valence-corrected chi connectivity index (χ1v) is 7.16. The zero-order valence-corrected chi connectivity index (χ0v) is 11.3. The van der Waals surface area contributed by atoms with E-state index in [1.165, 1.54) is 29.9 Å². The number of nitrogens with zero attached hydrogens (tertiary/aromatic N) is 1. The topological polar surface area (TPSA) is 34.1 Å². The normalized spacial score (nSPS) is 14.6. The molecule has 1 saturated carbocycles. The minimum Gasteiger partial charge on any atom is -0.486 e. The third-order valence-corrected chi connectivity index (χ3v) is 3.89. The summed E-state index contributed by atoms with van der Waals surface area (Å²) in [7, 11) is 0. The molecule has 0 spiro atoms. The van der Waals surface area contributed by atoms with Crippen LogP contribution in [0.4, 0.5) is 4.39 Å². The fraction of sp³-hybridized carbons (Fsp3) is 0.357. The van der Waals surface area contributed by atoms with Crippen molar-refractivity contribution in [2.45, 2.75) is 32.0 Å². The number of benzene rings is 1. The van der Waals surface area contributed by atoms with Crippen molar-refractivity contribution in [3.63, 3.8) is 0 Å². The van der Waals surface area contributed by atoms with E-state index in [-0.39, 0.29) is 5.82 Å². The number of rotatable bonds is 6. The molecule has 1 aliphatic rings. The van der Waals surface area contributed by atoms with Crippen molar-refractivity contribution < 1.29 is 9.13 Å². The molecule has 1 heterocycles. The molecular formula is C14H15FN2OS. The molecule has 1 aromatic heterocycles. The van der Waals surface area contributed by atoms with Gasteiger partial charge in [-0.05, 0) is 37.1 Å². The Kier molecular flexibility index (Phi) is 3.75. The maximum absolute atomic E-state index is 12.7. The van der Waals surface area contributed by atoms with Crippen LogP contribution in [0.25, 0.3) is 0 Å². The van der Waals surface area contributed by atoms with E-state index in [0.29, 0.717) is 18.4 Å². The van der Waals surface area contributed by atoms with Gasteiger partial charge in [-0.2, -0.15) is 0 Å². The Morgan fingerprint density at radius 3 is 2.84 bits per heavy atom. The van der Waals surface area contributed by atoms with Gasteiger partial charge in [0.05, 0.1) is 0 Å². The molecular weight excluding hydrogens is 263 g/mol. The Bertz CT molecular complexity index is 537. The molecule has 0 atom stereocenters. The Hall–Kier alpha value is -1.46. The first-order chi connectivity index (χ1) is 9.29. The fourth-order valence-electron chi connectivity index (χ4n) is 1.70. The van der Waals surface area contributed by atoms with Crippen LogP contribution in [0, 0.1) is 5.82 Å². The molecule has 19 heavy (non-hydrogen) atoms. The van der Waals surface area contributed by atoms with Gasteiger partial charge in [0.15, 0.2) is 0 Å². The van der Waals surface area contributed by atoms with Gasteiger partial charge in [0.25, 0.3) is 0 Å². The summed E-state index contributed by atoms with van der Waals surface area (Å²) < 4.78 is 18.3. The standard InChI is InChI=1S/C14H15FN2OS/c15-10-1-5-12(6-2-10)18-9-14-17-8-13(19-14)7-16-11-3-4-11/h1-2,5-6,8,11,16H,3-4,7,9H2. The first-order valence-electron chi connectivity index (χ1n) is 6.35. The maximum Gasteiger partial charge on any atom is 0.140 e. The zero-order chi connectivity index (χ0) is 13.1. The molecule has 0 radical (unpaired) electrons. The second-order valence-electron chi connectivity index (χ2n) is 4.62. The van der Waals surface area contributed by atoms with E-state index >= 15 is 0 Å². The minimum absolute atomic E-state index is 0.255. The second kappa shape index (κ2) is 5.67. The molecule has 0 bridgehead atoms. The molecule has 1 aromatic carbocycles. The third kappa shape index (κ3) is 3.75. The third-order valence-electron chi connectivity index (χ3n) is 2.92. The van der Waals surface area contributed by atoms with E-state index in [2.05, 4.69) is 10.3 Å². The summed E-state index contributed by atoms with van der Waals surface area (Å²) in [6.07, 6.45) is 4.47. The molecule has 0 aliphatic heterocycles. The van der Waals surface area contributed by atoms with Crippen LogP contribution in [-0.2, 0) is 13.2 Å². The summed E-state index contributed by atoms with van der Waals surface area (Å²) in [6.45, 7) is 1.32. The number of nitrogens with one attached hydrogen (secondary N) is 1. The lowest BCUT2D eigenvalue weighted by Gasteiger charge is -2.03. The van der Waals surface area contributed by atoms with Gasteiger partial charge < -0.3 is 10.1 Å². The average molecular weight is 278 g/mol. The molecule has 100 valence electrons. The summed E-state index contributed by atoms with van der Waals surface area (Å²) in [5.41, 5.74) is 0. The van der Waals surface area contributed by atoms with E-state index in [1.54, 1.807) is 23.5 Å². The number of thiazole rings is 1. The van der Waals surface area contributed by atoms with Crippen LogP contribution >= 0.6 is 11.3 Å². The van der Waals surface area contributed by atoms with Crippen molar-refractivity contribution in [3.05, 3.63) is 46.2 Å². The number of halogens is 1. The lowest BCUT2D eigenvalue weighted by atomic mass is 10.3. The van der Waals surface area contributed by atoms with Gasteiger partial charge in [0.1, 0.15) is 23.2 Å². The Labute approximate surface area is 115 Å². The summed E-state index contributed by atoms with van der Waals surface area (Å²) in [5, 5.41) is 4.40. The Morgan fingerprint density at radius 1 is 1.32 bits per heavy atom. The van der Waals surface area contributed by atoms with Crippen molar-refractivity contribution in [1.29, 1.82) is 0 Å². The average Bonchev–Trinajstić information content (AvgIpc) is 3.15. The van der Waals surface area contributed by atoms with Crippen LogP contribution in [0.3, 0.4) is 0 Å². The predicted octanol–water partition coefficient (Wildman–Crippen LogP) is 3.11. The Morgan fingerprint density at radius 2 is 2.11 bits per heavy atom. The van der Waals surface area contributed by atoms with Crippen LogP contribution in [0.5, 0.6) is 5.75 Å². The quantitative estimate of drug-likeness (QED) is 0.881. The van der Waals surface area contributed by atoms with Crippen LogP contribution in [-0.4, -0.2) is 11.0 Å². The van der Waals surface area contributed by atoms with Gasteiger partial charge >= 0.3 is 0 Å². The van der Waals surface area contributed by atoms with Gasteiger partial charge in [0.2, 0.25) is 0 Å². The van der Waals surface area contributed by atoms with E-state index in [1.807, 2.05) is 6.20 Å². The minimum atomic E-state index is -0.255.